The fraction of sp³-hybridized carbons (Fsp3) is 0.652. The minimum absolute atomic E-state index is 0.0597. The molecule has 10 heteroatoms. The predicted molar refractivity (Wildman–Crippen MR) is 125 cm³/mol. The minimum Gasteiger partial charge on any atom is -0.376 e. The first-order chi connectivity index (χ1) is 16.1. The third kappa shape index (κ3) is 4.77. The van der Waals surface area contributed by atoms with E-state index < -0.39 is 0 Å². The van der Waals surface area contributed by atoms with Crippen LogP contribution in [0.4, 0.5) is 5.00 Å². The third-order valence-electron chi connectivity index (χ3n) is 6.74. The van der Waals surface area contributed by atoms with Gasteiger partial charge in [0.2, 0.25) is 5.91 Å². The number of anilines is 1. The van der Waals surface area contributed by atoms with Crippen LogP contribution < -0.4 is 16.3 Å². The third-order valence-corrected chi connectivity index (χ3v) is 7.95. The molecule has 1 saturated heterocycles. The number of carbonyl (C=O) groups excluding carboxylic acids is 2. The first kappa shape index (κ1) is 22.3. The molecule has 1 fully saturated rings. The van der Waals surface area contributed by atoms with E-state index in [0.29, 0.717) is 23.7 Å². The van der Waals surface area contributed by atoms with Crippen molar-refractivity contribution in [3.05, 3.63) is 32.3 Å². The highest BCUT2D eigenvalue weighted by molar-refractivity contribution is 7.17. The average molecular weight is 474 g/mol. The second-order valence-corrected chi connectivity index (χ2v) is 10.2. The van der Waals surface area contributed by atoms with Crippen molar-refractivity contribution in [1.29, 1.82) is 0 Å². The molecule has 2 aromatic heterocycles. The number of hydrogen-bond donors (Lipinski definition) is 2. The van der Waals surface area contributed by atoms with E-state index in [1.807, 2.05) is 0 Å². The maximum absolute atomic E-state index is 13.1. The van der Waals surface area contributed by atoms with Crippen LogP contribution in [0, 0.1) is 0 Å². The lowest BCUT2D eigenvalue weighted by Crippen LogP contribution is -2.33. The standard InChI is InChI=1S/C23H31N5O4S/c29-19(14-28-23(31)27-11-5-1-2-10-18(27)26-28)25-22-20(16-8-3-4-9-17(16)33-22)21(30)24-13-15-7-6-12-32-15/h15H,1-14H2,(H,24,30)(H,25,29)/t15-/m1/s1. The minimum atomic E-state index is -0.336. The molecule has 2 aromatic rings. The van der Waals surface area contributed by atoms with Crippen molar-refractivity contribution in [2.45, 2.75) is 83.4 Å². The van der Waals surface area contributed by atoms with Crippen LogP contribution in [0.1, 0.15) is 71.6 Å². The molecular weight excluding hydrogens is 442 g/mol. The lowest BCUT2D eigenvalue weighted by Gasteiger charge is -2.15. The molecule has 1 atom stereocenters. The van der Waals surface area contributed by atoms with Gasteiger partial charge >= 0.3 is 5.69 Å². The van der Waals surface area contributed by atoms with Crippen LogP contribution in [0.15, 0.2) is 4.79 Å². The van der Waals surface area contributed by atoms with Crippen LogP contribution in [-0.4, -0.2) is 45.4 Å². The zero-order chi connectivity index (χ0) is 22.8. The molecule has 2 amide bonds. The van der Waals surface area contributed by atoms with Gasteiger partial charge in [0.05, 0.1) is 11.7 Å². The summed E-state index contributed by atoms with van der Waals surface area (Å²) in [5.74, 6) is 0.259. The fourth-order valence-corrected chi connectivity index (χ4v) is 6.33. The molecule has 0 spiro atoms. The molecule has 2 N–H and O–H groups in total. The number of aromatic nitrogens is 3. The van der Waals surface area contributed by atoms with Gasteiger partial charge < -0.3 is 15.4 Å². The summed E-state index contributed by atoms with van der Waals surface area (Å²) in [7, 11) is 0. The van der Waals surface area contributed by atoms with Gasteiger partial charge in [-0.05, 0) is 56.9 Å². The highest BCUT2D eigenvalue weighted by atomic mass is 32.1. The van der Waals surface area contributed by atoms with Gasteiger partial charge in [-0.15, -0.1) is 11.3 Å². The smallest absolute Gasteiger partial charge is 0.346 e. The Morgan fingerprint density at radius 1 is 1.09 bits per heavy atom. The normalized spacial score (nSPS) is 20.1. The van der Waals surface area contributed by atoms with Crippen molar-refractivity contribution in [1.82, 2.24) is 19.7 Å². The summed E-state index contributed by atoms with van der Waals surface area (Å²) in [6, 6.07) is 0. The van der Waals surface area contributed by atoms with Crippen molar-refractivity contribution < 1.29 is 14.3 Å². The molecule has 178 valence electrons. The first-order valence-electron chi connectivity index (χ1n) is 12.1. The molecule has 3 aliphatic rings. The molecule has 1 aliphatic carbocycles. The van der Waals surface area contributed by atoms with Crippen LogP contribution >= 0.6 is 11.3 Å². The summed E-state index contributed by atoms with van der Waals surface area (Å²) < 4.78 is 8.56. The van der Waals surface area contributed by atoms with E-state index in [0.717, 1.165) is 82.2 Å². The Morgan fingerprint density at radius 3 is 2.79 bits per heavy atom. The maximum Gasteiger partial charge on any atom is 0.346 e. The number of rotatable bonds is 6. The first-order valence-corrected chi connectivity index (χ1v) is 12.9. The number of carbonyl (C=O) groups is 2. The molecule has 0 aromatic carbocycles. The second kappa shape index (κ2) is 9.80. The Hall–Kier alpha value is -2.46. The van der Waals surface area contributed by atoms with Crippen LogP contribution in [0.2, 0.25) is 0 Å². The van der Waals surface area contributed by atoms with Crippen LogP contribution in [-0.2, 0) is 41.9 Å². The summed E-state index contributed by atoms with van der Waals surface area (Å²) in [6.07, 6.45) is 9.74. The molecule has 4 heterocycles. The van der Waals surface area contributed by atoms with Gasteiger partial charge in [0.1, 0.15) is 17.4 Å². The van der Waals surface area contributed by atoms with E-state index in [-0.39, 0.29) is 30.2 Å². The Balaban J connectivity index is 1.32. The maximum atomic E-state index is 13.1. The van der Waals surface area contributed by atoms with E-state index in [4.69, 9.17) is 4.74 Å². The number of nitrogens with one attached hydrogen (secondary N) is 2. The van der Waals surface area contributed by atoms with E-state index in [9.17, 15) is 14.4 Å². The molecule has 0 unspecified atom stereocenters. The molecule has 0 radical (unpaired) electrons. The highest BCUT2D eigenvalue weighted by Gasteiger charge is 2.27. The monoisotopic (exact) mass is 473 g/mol. The number of nitrogens with zero attached hydrogens (tertiary/aromatic N) is 3. The van der Waals surface area contributed by atoms with Crippen molar-refractivity contribution in [3.8, 4) is 0 Å². The Labute approximate surface area is 196 Å². The number of amides is 2. The van der Waals surface area contributed by atoms with Gasteiger partial charge in [0.15, 0.2) is 0 Å². The van der Waals surface area contributed by atoms with Gasteiger partial charge in [-0.2, -0.15) is 5.10 Å². The van der Waals surface area contributed by atoms with Crippen molar-refractivity contribution in [3.63, 3.8) is 0 Å². The quantitative estimate of drug-likeness (QED) is 0.669. The van der Waals surface area contributed by atoms with Gasteiger partial charge in [-0.25, -0.2) is 9.48 Å². The molecule has 0 saturated carbocycles. The molecule has 9 nitrogen and oxygen atoms in total. The SMILES string of the molecule is O=C(Cn1nc2n(c1=O)CCCCC2)Nc1sc2c(c1C(=O)NC[C@H]1CCCO1)CCCC2. The Morgan fingerprint density at radius 2 is 1.94 bits per heavy atom. The van der Waals surface area contributed by atoms with Gasteiger partial charge in [-0.1, -0.05) is 6.42 Å². The van der Waals surface area contributed by atoms with Crippen LogP contribution in [0.3, 0.4) is 0 Å². The Bertz CT molecular complexity index is 1100. The largest absolute Gasteiger partial charge is 0.376 e. The van der Waals surface area contributed by atoms with E-state index >= 15 is 0 Å². The van der Waals surface area contributed by atoms with E-state index in [1.54, 1.807) is 4.57 Å². The van der Waals surface area contributed by atoms with Crippen molar-refractivity contribution in [2.24, 2.45) is 0 Å². The molecule has 33 heavy (non-hydrogen) atoms. The lowest BCUT2D eigenvalue weighted by molar-refractivity contribution is -0.116. The number of aryl methyl sites for hydroxylation is 2. The summed E-state index contributed by atoms with van der Waals surface area (Å²) in [5.41, 5.74) is 1.40. The van der Waals surface area contributed by atoms with E-state index in [1.165, 1.54) is 20.9 Å². The highest BCUT2D eigenvalue weighted by Crippen LogP contribution is 2.38. The van der Waals surface area contributed by atoms with Crippen molar-refractivity contribution in [2.75, 3.05) is 18.5 Å². The number of fused-ring (bicyclic) bond motifs is 2. The molecule has 0 bridgehead atoms. The predicted octanol–water partition coefficient (Wildman–Crippen LogP) is 2.26. The molecular formula is C23H31N5O4S. The fourth-order valence-electron chi connectivity index (χ4n) is 5.02. The second-order valence-electron chi connectivity index (χ2n) is 9.13. The summed E-state index contributed by atoms with van der Waals surface area (Å²) in [4.78, 5) is 39.9. The van der Waals surface area contributed by atoms with Gasteiger partial charge in [0, 0.05) is 31.0 Å². The van der Waals surface area contributed by atoms with Gasteiger partial charge in [-0.3, -0.25) is 14.2 Å². The van der Waals surface area contributed by atoms with Crippen LogP contribution in [0.25, 0.3) is 0 Å². The summed E-state index contributed by atoms with van der Waals surface area (Å²) >= 11 is 1.48. The van der Waals surface area contributed by atoms with Gasteiger partial charge in [0.25, 0.3) is 5.91 Å². The zero-order valence-electron chi connectivity index (χ0n) is 18.9. The summed E-state index contributed by atoms with van der Waals surface area (Å²) in [6.45, 7) is 1.72. The van der Waals surface area contributed by atoms with Crippen LogP contribution in [0.5, 0.6) is 0 Å². The number of hydrogen-bond acceptors (Lipinski definition) is 6. The number of thiophene rings is 1. The Kier molecular flexibility index (Phi) is 6.64. The van der Waals surface area contributed by atoms with Crippen molar-refractivity contribution >= 4 is 28.2 Å². The molecule has 5 rings (SSSR count). The lowest BCUT2D eigenvalue weighted by atomic mass is 9.95. The summed E-state index contributed by atoms with van der Waals surface area (Å²) in [5, 5.41) is 10.9. The number of ether oxygens (including phenoxy) is 1. The van der Waals surface area contributed by atoms with E-state index in [2.05, 4.69) is 15.7 Å². The zero-order valence-corrected chi connectivity index (χ0v) is 19.7. The molecule has 2 aliphatic heterocycles. The topological polar surface area (TPSA) is 107 Å². The average Bonchev–Trinajstić information content (AvgIpc) is 3.47.